The normalized spacial score (nSPS) is 12.6. The van der Waals surface area contributed by atoms with Crippen molar-refractivity contribution >= 4 is 11.9 Å². The minimum absolute atomic E-state index is 0.0432. The Bertz CT molecular complexity index is 734. The van der Waals surface area contributed by atoms with Crippen LogP contribution in [-0.2, 0) is 19.7 Å². The van der Waals surface area contributed by atoms with Crippen molar-refractivity contribution in [2.75, 3.05) is 20.3 Å². The third-order valence-electron chi connectivity index (χ3n) is 5.54. The summed E-state index contributed by atoms with van der Waals surface area (Å²) in [5.74, 6) is 0.102. The maximum Gasteiger partial charge on any atom is 0.330 e. The molecule has 180 valence electrons. The second-order valence-corrected chi connectivity index (χ2v) is 9.29. The van der Waals surface area contributed by atoms with E-state index >= 15 is 0 Å². The molecule has 0 saturated heterocycles. The number of esters is 1. The Morgan fingerprint density at radius 3 is 2.41 bits per heavy atom. The van der Waals surface area contributed by atoms with Gasteiger partial charge < -0.3 is 14.8 Å². The van der Waals surface area contributed by atoms with Crippen LogP contribution in [0.5, 0.6) is 5.75 Å². The highest BCUT2D eigenvalue weighted by molar-refractivity contribution is 5.84. The van der Waals surface area contributed by atoms with Crippen molar-refractivity contribution in [2.24, 2.45) is 0 Å². The first-order valence-electron chi connectivity index (χ1n) is 12.0. The number of amides is 1. The summed E-state index contributed by atoms with van der Waals surface area (Å²) in [6, 6.07) is 6.19. The minimum Gasteiger partial charge on any atom is -0.489 e. The van der Waals surface area contributed by atoms with Crippen molar-refractivity contribution in [1.82, 2.24) is 5.32 Å². The van der Waals surface area contributed by atoms with Gasteiger partial charge in [-0.1, -0.05) is 78.9 Å². The van der Waals surface area contributed by atoms with Crippen molar-refractivity contribution in [3.8, 4) is 5.75 Å². The molecule has 0 aliphatic carbocycles. The van der Waals surface area contributed by atoms with E-state index in [1.165, 1.54) is 19.6 Å². The number of carbonyl (C=O) groups excluding carboxylic acids is 2. The van der Waals surface area contributed by atoms with Gasteiger partial charge in [0.1, 0.15) is 12.4 Å². The van der Waals surface area contributed by atoms with Crippen molar-refractivity contribution < 1.29 is 19.1 Å². The third kappa shape index (κ3) is 9.88. The molecule has 0 fully saturated rings. The highest BCUT2D eigenvalue weighted by Crippen LogP contribution is 2.35. The van der Waals surface area contributed by atoms with Gasteiger partial charge in [0, 0.05) is 18.2 Å². The minimum atomic E-state index is -0.415. The third-order valence-corrected chi connectivity index (χ3v) is 5.54. The van der Waals surface area contributed by atoms with E-state index < -0.39 is 5.97 Å². The largest absolute Gasteiger partial charge is 0.489 e. The molecular formula is C27H43NO4. The summed E-state index contributed by atoms with van der Waals surface area (Å²) in [5.41, 5.74) is 2.01. The number of methoxy groups -OCH3 is 1. The number of benzene rings is 1. The Morgan fingerprint density at radius 2 is 1.78 bits per heavy atom. The fourth-order valence-electron chi connectivity index (χ4n) is 3.48. The molecule has 0 aliphatic rings. The van der Waals surface area contributed by atoms with Crippen LogP contribution in [0, 0.1) is 0 Å². The summed E-state index contributed by atoms with van der Waals surface area (Å²) in [4.78, 5) is 24.5. The molecule has 0 spiro atoms. The van der Waals surface area contributed by atoms with Crippen LogP contribution in [0.15, 0.2) is 30.4 Å². The molecule has 0 heterocycles. The molecule has 1 atom stereocenters. The zero-order valence-corrected chi connectivity index (χ0v) is 21.0. The van der Waals surface area contributed by atoms with Gasteiger partial charge in [0.05, 0.1) is 13.0 Å². The number of hydrogen-bond donors (Lipinski definition) is 1. The van der Waals surface area contributed by atoms with Gasteiger partial charge in [-0.25, -0.2) is 4.79 Å². The van der Waals surface area contributed by atoms with Crippen LogP contribution in [0.3, 0.4) is 0 Å². The van der Waals surface area contributed by atoms with Crippen molar-refractivity contribution in [3.05, 3.63) is 41.5 Å². The lowest BCUT2D eigenvalue weighted by Crippen LogP contribution is -2.30. The lowest BCUT2D eigenvalue weighted by Gasteiger charge is -2.24. The highest BCUT2D eigenvalue weighted by atomic mass is 16.5. The van der Waals surface area contributed by atoms with Gasteiger partial charge in [-0.3, -0.25) is 4.79 Å². The predicted octanol–water partition coefficient (Wildman–Crippen LogP) is 6.06. The molecule has 1 aromatic carbocycles. The van der Waals surface area contributed by atoms with E-state index in [2.05, 4.69) is 50.7 Å². The first kappa shape index (κ1) is 27.7. The van der Waals surface area contributed by atoms with Crippen molar-refractivity contribution in [2.45, 2.75) is 90.9 Å². The molecule has 0 bridgehead atoms. The molecule has 0 aromatic heterocycles. The summed E-state index contributed by atoms with van der Waals surface area (Å²) in [5, 5.41) is 3.12. The average Bonchev–Trinajstić information content (AvgIpc) is 2.76. The van der Waals surface area contributed by atoms with Crippen LogP contribution >= 0.6 is 0 Å². The molecule has 0 aliphatic heterocycles. The van der Waals surface area contributed by atoms with Crippen molar-refractivity contribution in [3.63, 3.8) is 0 Å². The Labute approximate surface area is 195 Å². The van der Waals surface area contributed by atoms with Gasteiger partial charge in [0.25, 0.3) is 0 Å². The van der Waals surface area contributed by atoms with E-state index in [1.807, 2.05) is 12.1 Å². The van der Waals surface area contributed by atoms with Gasteiger partial charge in [-0.2, -0.15) is 0 Å². The monoisotopic (exact) mass is 445 g/mol. The van der Waals surface area contributed by atoms with Crippen LogP contribution in [0.4, 0.5) is 0 Å². The number of unbranched alkanes of at least 4 members (excludes halogenated alkanes) is 4. The molecule has 5 heteroatoms. The van der Waals surface area contributed by atoms with E-state index in [-0.39, 0.29) is 23.8 Å². The van der Waals surface area contributed by atoms with E-state index in [1.54, 1.807) is 6.08 Å². The van der Waals surface area contributed by atoms with Gasteiger partial charge in [-0.15, -0.1) is 0 Å². The van der Waals surface area contributed by atoms with E-state index in [0.717, 1.165) is 49.7 Å². The Morgan fingerprint density at radius 1 is 1.06 bits per heavy atom. The van der Waals surface area contributed by atoms with Crippen LogP contribution in [-0.4, -0.2) is 32.1 Å². The molecule has 1 amide bonds. The number of rotatable bonds is 14. The van der Waals surface area contributed by atoms with Crippen LogP contribution in [0.25, 0.3) is 0 Å². The Kier molecular flexibility index (Phi) is 12.7. The lowest BCUT2D eigenvalue weighted by molar-refractivity contribution is -0.134. The first-order valence-corrected chi connectivity index (χ1v) is 12.0. The average molecular weight is 446 g/mol. The van der Waals surface area contributed by atoms with Crippen LogP contribution in [0.2, 0.25) is 0 Å². The SMILES string of the molecule is CCCCCCC(C(=O)NCCCC)c1ccc(C(C)(C)C)cc1OCC=CC(=O)OC. The first-order chi connectivity index (χ1) is 15.2. The molecule has 1 unspecified atom stereocenters. The van der Waals surface area contributed by atoms with Crippen LogP contribution < -0.4 is 10.1 Å². The smallest absolute Gasteiger partial charge is 0.330 e. The zero-order chi connectivity index (χ0) is 24.0. The fourth-order valence-corrected chi connectivity index (χ4v) is 3.48. The topological polar surface area (TPSA) is 64.6 Å². The summed E-state index contributed by atoms with van der Waals surface area (Å²) in [6.45, 7) is 11.7. The second kappa shape index (κ2) is 14.7. The standard InChI is InChI=1S/C27H43NO4/c1-7-9-11-12-14-23(26(30)28-18-10-8-2)22-17-16-21(27(3,4)5)20-24(22)32-19-13-15-25(29)31-6/h13,15-17,20,23H,7-12,14,18-19H2,1-6H3,(H,28,30). The summed E-state index contributed by atoms with van der Waals surface area (Å²) in [6.07, 6.45) is 10.3. The predicted molar refractivity (Wildman–Crippen MR) is 131 cm³/mol. The molecule has 0 saturated carbocycles. The lowest BCUT2D eigenvalue weighted by atomic mass is 9.84. The van der Waals surface area contributed by atoms with Gasteiger partial charge in [0.15, 0.2) is 0 Å². The Hall–Kier alpha value is -2.30. The molecular weight excluding hydrogens is 402 g/mol. The molecule has 0 radical (unpaired) electrons. The number of nitrogens with one attached hydrogen (secondary N) is 1. The molecule has 1 aromatic rings. The molecule has 5 nitrogen and oxygen atoms in total. The summed E-state index contributed by atoms with van der Waals surface area (Å²) >= 11 is 0. The zero-order valence-electron chi connectivity index (χ0n) is 21.0. The van der Waals surface area contributed by atoms with Gasteiger partial charge in [0.2, 0.25) is 5.91 Å². The molecule has 32 heavy (non-hydrogen) atoms. The summed E-state index contributed by atoms with van der Waals surface area (Å²) < 4.78 is 10.7. The maximum atomic E-state index is 13.1. The fraction of sp³-hybridized carbons (Fsp3) is 0.630. The quantitative estimate of drug-likeness (QED) is 0.215. The molecule has 1 N–H and O–H groups in total. The van der Waals surface area contributed by atoms with E-state index in [0.29, 0.717) is 12.3 Å². The maximum absolute atomic E-state index is 13.1. The number of hydrogen-bond acceptors (Lipinski definition) is 4. The highest BCUT2D eigenvalue weighted by Gasteiger charge is 2.25. The second-order valence-electron chi connectivity index (χ2n) is 9.29. The van der Waals surface area contributed by atoms with Gasteiger partial charge in [-0.05, 0) is 36.0 Å². The van der Waals surface area contributed by atoms with E-state index in [4.69, 9.17) is 4.74 Å². The number of carbonyl (C=O) groups is 2. The van der Waals surface area contributed by atoms with Gasteiger partial charge >= 0.3 is 5.97 Å². The van der Waals surface area contributed by atoms with Crippen molar-refractivity contribution in [1.29, 1.82) is 0 Å². The summed E-state index contributed by atoms with van der Waals surface area (Å²) in [7, 11) is 1.35. The molecule has 1 rings (SSSR count). The Balaban J connectivity index is 3.19. The number of ether oxygens (including phenoxy) is 2. The van der Waals surface area contributed by atoms with Crippen LogP contribution in [0.1, 0.15) is 96.6 Å². The van der Waals surface area contributed by atoms with E-state index in [9.17, 15) is 9.59 Å².